The van der Waals surface area contributed by atoms with Crippen LogP contribution in [-0.2, 0) is 81.6 Å². The first-order chi connectivity index (χ1) is 45.1. The van der Waals surface area contributed by atoms with E-state index in [1.54, 1.807) is 44.2 Å². The van der Waals surface area contributed by atoms with Gasteiger partial charge >= 0.3 is 0 Å². The monoisotopic (exact) mass is 1340 g/mol. The number of nitrogens with two attached hydrogens (primary N) is 4. The molecule has 3 aromatic carbocycles. The molecule has 95 heavy (non-hydrogen) atoms. The molecule has 5 rings (SSSR count). The van der Waals surface area contributed by atoms with Crippen LogP contribution in [0.5, 0.6) is 5.75 Å². The second-order valence-corrected chi connectivity index (χ2v) is 25.8. The molecule has 2 saturated heterocycles. The predicted molar refractivity (Wildman–Crippen MR) is 354 cm³/mol. The molecule has 0 aromatic heterocycles. The van der Waals surface area contributed by atoms with Crippen LogP contribution in [0, 0.1) is 11.8 Å². The molecule has 10 atom stereocenters. The van der Waals surface area contributed by atoms with Gasteiger partial charge in [0.05, 0.1) is 18.5 Å². The number of carbonyl (C=O) groups excluding carboxylic acids is 13. The van der Waals surface area contributed by atoms with Gasteiger partial charge in [-0.05, 0) is 105 Å². The quantitative estimate of drug-likeness (QED) is 0.0311. The number of amides is 12. The van der Waals surface area contributed by atoms with E-state index in [-0.39, 0.29) is 99.6 Å². The zero-order chi connectivity index (χ0) is 69.9. The summed E-state index contributed by atoms with van der Waals surface area (Å²) in [5, 5.41) is 30.9. The van der Waals surface area contributed by atoms with Crippen molar-refractivity contribution in [1.29, 1.82) is 0 Å². The summed E-state index contributed by atoms with van der Waals surface area (Å²) in [5.74, 6) is -10.0. The number of thioether (sulfide) groups is 1. The number of aromatic hydroxyl groups is 1. The number of hydrogen-bond acceptors (Lipinski definition) is 17. The van der Waals surface area contributed by atoms with Crippen molar-refractivity contribution in [1.82, 2.24) is 52.3 Å². The maximum Gasteiger partial charge on any atom is 0.246 e. The Morgan fingerprint density at radius 2 is 1.04 bits per heavy atom. The van der Waals surface area contributed by atoms with E-state index in [4.69, 9.17) is 22.9 Å². The first-order valence-electron chi connectivity index (χ1n) is 32.2. The number of primary amides is 2. The van der Waals surface area contributed by atoms with Crippen LogP contribution in [0.15, 0.2) is 84.9 Å². The first kappa shape index (κ1) is 76.7. The molecule has 29 heteroatoms. The SMILES string of the molecule is CC(=O)NCCSC(=O)[C@H](CC(C)C)NC(=O)[C@H](CCCN)NC(=O)[C@@H](NC(=O)[C@H](Cc1ccc(O)cc1)NC(=O)[C@H](CCC(N)=O)NC(=O)[C@H](CC(N)=O)NC(=O)[C@@H]1CCCN1C(=O)[C@H](Cc1ccccc1)NC(=O)[C@@H]1CCCN1C(=O)[C@H](N)Cc1ccccc1)C(C)C. The molecule has 17 N–H and O–H groups in total. The molecule has 2 aliphatic heterocycles. The second-order valence-electron chi connectivity index (χ2n) is 24.7. The lowest BCUT2D eigenvalue weighted by Gasteiger charge is -2.32. The van der Waals surface area contributed by atoms with Gasteiger partial charge < -0.3 is 80.4 Å². The number of hydrogen-bond donors (Lipinski definition) is 13. The van der Waals surface area contributed by atoms with Crippen LogP contribution in [-0.4, -0.2) is 183 Å². The van der Waals surface area contributed by atoms with Gasteiger partial charge in [-0.15, -0.1) is 0 Å². The van der Waals surface area contributed by atoms with Crippen LogP contribution in [0.4, 0.5) is 0 Å². The van der Waals surface area contributed by atoms with Gasteiger partial charge in [-0.1, -0.05) is 112 Å². The van der Waals surface area contributed by atoms with Crippen molar-refractivity contribution in [2.24, 2.45) is 34.8 Å². The molecule has 12 amide bonds. The van der Waals surface area contributed by atoms with Crippen LogP contribution in [0.3, 0.4) is 0 Å². The number of rotatable bonds is 37. The van der Waals surface area contributed by atoms with E-state index >= 15 is 0 Å². The molecular weight excluding hydrogens is 1240 g/mol. The van der Waals surface area contributed by atoms with Crippen molar-refractivity contribution in [3.8, 4) is 5.75 Å². The maximum absolute atomic E-state index is 14.8. The van der Waals surface area contributed by atoms with Crippen molar-refractivity contribution in [2.75, 3.05) is 31.9 Å². The largest absolute Gasteiger partial charge is 0.508 e. The molecule has 3 aromatic rings. The average Bonchev–Trinajstić information content (AvgIpc) is 1.79. The summed E-state index contributed by atoms with van der Waals surface area (Å²) in [6.45, 7) is 8.98. The van der Waals surface area contributed by atoms with E-state index in [1.165, 1.54) is 41.0 Å². The van der Waals surface area contributed by atoms with Gasteiger partial charge in [0.2, 0.25) is 76.0 Å². The number of likely N-dealkylation sites (tertiary alicyclic amines) is 2. The summed E-state index contributed by atoms with van der Waals surface area (Å²) in [6.07, 6.45) is -0.0942. The Labute approximate surface area is 557 Å². The highest BCUT2D eigenvalue weighted by atomic mass is 32.2. The summed E-state index contributed by atoms with van der Waals surface area (Å²) < 4.78 is 0. The highest BCUT2D eigenvalue weighted by Crippen LogP contribution is 2.24. The highest BCUT2D eigenvalue weighted by Gasteiger charge is 2.43. The molecule has 2 aliphatic rings. The van der Waals surface area contributed by atoms with Crippen LogP contribution >= 0.6 is 11.8 Å². The lowest BCUT2D eigenvalue weighted by molar-refractivity contribution is -0.144. The number of nitrogens with one attached hydrogen (secondary N) is 8. The van der Waals surface area contributed by atoms with Gasteiger partial charge in [0.15, 0.2) is 0 Å². The lowest BCUT2D eigenvalue weighted by Crippen LogP contribution is -2.61. The van der Waals surface area contributed by atoms with Gasteiger partial charge in [-0.3, -0.25) is 62.3 Å². The molecule has 28 nitrogen and oxygen atoms in total. The Hall–Kier alpha value is -8.96. The van der Waals surface area contributed by atoms with E-state index in [9.17, 15) is 67.4 Å². The number of phenolic OH excluding ortho intramolecular Hbond substituents is 1. The Kier molecular flexibility index (Phi) is 31.0. The van der Waals surface area contributed by atoms with Crippen molar-refractivity contribution in [2.45, 2.75) is 179 Å². The van der Waals surface area contributed by atoms with Crippen LogP contribution < -0.4 is 65.5 Å². The van der Waals surface area contributed by atoms with Crippen molar-refractivity contribution in [3.63, 3.8) is 0 Å². The fraction of sp³-hybridized carbons (Fsp3) is 0.530. The fourth-order valence-corrected chi connectivity index (χ4v) is 12.0. The third-order valence-corrected chi connectivity index (χ3v) is 17.1. The van der Waals surface area contributed by atoms with Gasteiger partial charge in [0.1, 0.15) is 54.1 Å². The molecule has 0 bridgehead atoms. The third kappa shape index (κ3) is 25.0. The number of nitrogens with zero attached hydrogens (tertiary/aromatic N) is 2. The summed E-state index contributed by atoms with van der Waals surface area (Å²) >= 11 is 0.934. The molecule has 0 radical (unpaired) electrons. The minimum atomic E-state index is -1.79. The predicted octanol–water partition coefficient (Wildman–Crippen LogP) is -0.899. The van der Waals surface area contributed by atoms with E-state index in [0.717, 1.165) is 17.3 Å². The standard InChI is InChI=1S/C66H94N14O14S/c1-38(2)33-51(66(94)95-32-29-71-40(5)81)77-57(85)46(19-12-28-67)73-63(91)56(39(3)4)78-60(88)48(35-43-22-24-44(82)25-23-43)74-58(86)47(26-27-54(69)83)72-59(87)49(37-55(70)84)75-61(89)53-21-14-31-80(53)65(93)50(36-42-17-10-7-11-18-42)76-62(90)52-20-13-30-79(52)64(92)45(68)34-41-15-8-6-9-16-41/h6-11,15-18,22-25,38-39,45-53,56,82H,12-14,19-21,26-37,67-68H2,1-5H3,(H2,69,83)(H2,70,84)(H,71,81)(H,72,87)(H,73,91)(H,74,86)(H,75,89)(H,76,90)(H,77,85)(H,78,88)/t45-,46+,47+,48+,49+,50+,51+,52+,53+,56+/m1/s1. The topological polar surface area (TPSA) is 449 Å². The lowest BCUT2D eigenvalue weighted by atomic mass is 9.99. The Morgan fingerprint density at radius 1 is 0.558 bits per heavy atom. The summed E-state index contributed by atoms with van der Waals surface area (Å²) in [6, 6.07) is 10.6. The average molecular weight is 1340 g/mol. The molecule has 0 unspecified atom stereocenters. The minimum Gasteiger partial charge on any atom is -0.508 e. The van der Waals surface area contributed by atoms with E-state index in [2.05, 4.69) is 42.5 Å². The van der Waals surface area contributed by atoms with Gasteiger partial charge in [-0.2, -0.15) is 0 Å². The zero-order valence-corrected chi connectivity index (χ0v) is 55.4. The molecule has 2 heterocycles. The van der Waals surface area contributed by atoms with Crippen LogP contribution in [0.25, 0.3) is 0 Å². The van der Waals surface area contributed by atoms with Crippen LogP contribution in [0.1, 0.15) is 116 Å². The molecule has 0 aliphatic carbocycles. The Morgan fingerprint density at radius 3 is 1.58 bits per heavy atom. The van der Waals surface area contributed by atoms with Crippen molar-refractivity contribution >= 4 is 87.8 Å². The van der Waals surface area contributed by atoms with Gasteiger partial charge in [-0.25, -0.2) is 0 Å². The van der Waals surface area contributed by atoms with E-state index < -0.39 is 151 Å². The van der Waals surface area contributed by atoms with Gasteiger partial charge in [0.25, 0.3) is 0 Å². The Balaban J connectivity index is 1.34. The van der Waals surface area contributed by atoms with Crippen molar-refractivity contribution in [3.05, 3.63) is 102 Å². The molecular formula is C66H94N14O14S. The molecule has 2 fully saturated rings. The van der Waals surface area contributed by atoms with Gasteiger partial charge in [0, 0.05) is 51.6 Å². The van der Waals surface area contributed by atoms with Crippen molar-refractivity contribution < 1.29 is 67.4 Å². The number of phenols is 1. The maximum atomic E-state index is 14.8. The highest BCUT2D eigenvalue weighted by molar-refractivity contribution is 8.13. The normalized spacial score (nSPS) is 16.9. The third-order valence-electron chi connectivity index (χ3n) is 16.2. The summed E-state index contributed by atoms with van der Waals surface area (Å²) in [5.41, 5.74) is 25.3. The fourth-order valence-electron chi connectivity index (χ4n) is 11.2. The second kappa shape index (κ2) is 38.4. The zero-order valence-electron chi connectivity index (χ0n) is 54.6. The minimum absolute atomic E-state index is 0.0116. The number of carbonyl (C=O) groups is 13. The van der Waals surface area contributed by atoms with Crippen LogP contribution in [0.2, 0.25) is 0 Å². The van der Waals surface area contributed by atoms with E-state index in [0.29, 0.717) is 30.4 Å². The van der Waals surface area contributed by atoms with E-state index in [1.807, 2.05) is 44.2 Å². The Bertz CT molecular complexity index is 3140. The summed E-state index contributed by atoms with van der Waals surface area (Å²) in [4.78, 5) is 182. The summed E-state index contributed by atoms with van der Waals surface area (Å²) in [7, 11) is 0. The molecule has 518 valence electrons. The first-order valence-corrected chi connectivity index (χ1v) is 33.2. The smallest absolute Gasteiger partial charge is 0.246 e. The molecule has 0 spiro atoms. The number of benzene rings is 3. The molecule has 0 saturated carbocycles.